The van der Waals surface area contributed by atoms with Crippen LogP contribution in [0.2, 0.25) is 0 Å². The van der Waals surface area contributed by atoms with E-state index in [-0.39, 0.29) is 12.4 Å². The second-order valence-electron chi connectivity index (χ2n) is 13.4. The zero-order valence-corrected chi connectivity index (χ0v) is 31.1. The van der Waals surface area contributed by atoms with Gasteiger partial charge in [-0.15, -0.1) is 12.4 Å². The van der Waals surface area contributed by atoms with Crippen LogP contribution in [0.1, 0.15) is 158 Å². The van der Waals surface area contributed by atoms with E-state index >= 15 is 0 Å². The van der Waals surface area contributed by atoms with Gasteiger partial charge in [0.15, 0.2) is 0 Å². The van der Waals surface area contributed by atoms with Gasteiger partial charge in [0.05, 0.1) is 52.5 Å². The molecule has 1 fully saturated rings. The van der Waals surface area contributed by atoms with Crippen molar-refractivity contribution in [1.82, 2.24) is 0 Å². The van der Waals surface area contributed by atoms with Crippen molar-refractivity contribution in [2.45, 2.75) is 158 Å². The normalized spacial score (nSPS) is 15.0. The molecular weight excluding hydrogens is 536 g/mol. The molecule has 0 unspecified atom stereocenters. The molecular formula is C38H79ClN2O+2. The van der Waals surface area contributed by atoms with Crippen LogP contribution in [0.5, 0.6) is 0 Å². The Morgan fingerprint density at radius 1 is 0.643 bits per heavy atom. The standard InChI is InChI=1S/C22H46NO.C16H32N.ClH/c1-3-5-6-7-8-9-10-11-12-13-14-15-16-17-18-23(4-2)19-21-24-22-20-23;1-7-17(8-2,9-3)14-13-16(6)12-10-11-15(4)5;/h3-22H2,1-2H3;11,13H,7-10,12,14H2,1-6H3;1H/q2*+1;/b;16-13-;. The highest BCUT2D eigenvalue weighted by molar-refractivity contribution is 5.85. The Labute approximate surface area is 272 Å². The molecule has 0 amide bonds. The molecule has 0 saturated carbocycles. The number of morpholine rings is 1. The fourth-order valence-corrected chi connectivity index (χ4v) is 6.17. The zero-order chi connectivity index (χ0) is 30.7. The second kappa shape index (κ2) is 29.4. The van der Waals surface area contributed by atoms with E-state index in [9.17, 15) is 0 Å². The minimum absolute atomic E-state index is 0. The topological polar surface area (TPSA) is 9.23 Å². The Balaban J connectivity index is 0. The lowest BCUT2D eigenvalue weighted by Gasteiger charge is -2.40. The summed E-state index contributed by atoms with van der Waals surface area (Å²) in [6, 6.07) is 0. The number of hydrogen-bond acceptors (Lipinski definition) is 1. The molecule has 1 aliphatic rings. The summed E-state index contributed by atoms with van der Waals surface area (Å²) in [6.07, 6.45) is 27.6. The Morgan fingerprint density at radius 2 is 1.10 bits per heavy atom. The van der Waals surface area contributed by atoms with Gasteiger partial charge < -0.3 is 13.7 Å². The van der Waals surface area contributed by atoms with Crippen LogP contribution in [0.25, 0.3) is 0 Å². The summed E-state index contributed by atoms with van der Waals surface area (Å²) in [5.74, 6) is 0. The first-order valence-electron chi connectivity index (χ1n) is 18.4. The number of rotatable bonds is 24. The second-order valence-corrected chi connectivity index (χ2v) is 13.4. The number of allylic oxidation sites excluding steroid dienone is 3. The Hall–Kier alpha value is -0.350. The number of quaternary nitrogens is 2. The third-order valence-corrected chi connectivity index (χ3v) is 10.0. The third kappa shape index (κ3) is 23.1. The predicted molar refractivity (Wildman–Crippen MR) is 193 cm³/mol. The lowest BCUT2D eigenvalue weighted by atomic mass is 10.0. The molecule has 1 rings (SSSR count). The van der Waals surface area contributed by atoms with Crippen molar-refractivity contribution >= 4 is 12.4 Å². The summed E-state index contributed by atoms with van der Waals surface area (Å²) in [5.41, 5.74) is 2.97. The van der Waals surface area contributed by atoms with Crippen LogP contribution in [-0.4, -0.2) is 74.5 Å². The largest absolute Gasteiger partial charge is 0.370 e. The van der Waals surface area contributed by atoms with Crippen LogP contribution in [-0.2, 0) is 4.74 Å². The zero-order valence-electron chi connectivity index (χ0n) is 30.3. The maximum atomic E-state index is 5.53. The van der Waals surface area contributed by atoms with Crippen molar-refractivity contribution in [3.8, 4) is 0 Å². The van der Waals surface area contributed by atoms with E-state index in [1.165, 1.54) is 170 Å². The van der Waals surface area contributed by atoms with E-state index in [1.807, 2.05) is 0 Å². The first kappa shape index (κ1) is 43.8. The fourth-order valence-electron chi connectivity index (χ4n) is 6.17. The summed E-state index contributed by atoms with van der Waals surface area (Å²) in [6.45, 7) is 30.2. The van der Waals surface area contributed by atoms with Crippen LogP contribution in [0.3, 0.4) is 0 Å². The highest BCUT2D eigenvalue weighted by atomic mass is 35.5. The predicted octanol–water partition coefficient (Wildman–Crippen LogP) is 11.3. The average Bonchev–Trinajstić information content (AvgIpc) is 2.99. The molecule has 1 aliphatic heterocycles. The van der Waals surface area contributed by atoms with Gasteiger partial charge in [0.2, 0.25) is 0 Å². The van der Waals surface area contributed by atoms with E-state index in [0.717, 1.165) is 13.2 Å². The van der Waals surface area contributed by atoms with E-state index in [2.05, 4.69) is 67.5 Å². The number of nitrogens with zero attached hydrogens (tertiary/aromatic N) is 2. The van der Waals surface area contributed by atoms with Crippen LogP contribution in [0.4, 0.5) is 0 Å². The first-order valence-corrected chi connectivity index (χ1v) is 18.4. The SMILES string of the molecule is CCCCCCCCCCCCCCCC[N+]1(CC)CCOCC1.CC[N+](CC)(CC)C/C=C(/C)CCC=C(C)C.Cl. The number of hydrogen-bond donors (Lipinski definition) is 0. The van der Waals surface area contributed by atoms with Crippen LogP contribution in [0.15, 0.2) is 23.3 Å². The summed E-state index contributed by atoms with van der Waals surface area (Å²) in [7, 11) is 0. The molecule has 1 saturated heterocycles. The maximum Gasteiger partial charge on any atom is 0.102 e. The number of halogens is 1. The smallest absolute Gasteiger partial charge is 0.102 e. The molecule has 0 atom stereocenters. The van der Waals surface area contributed by atoms with Gasteiger partial charge in [-0.05, 0) is 80.2 Å². The van der Waals surface area contributed by atoms with Crippen molar-refractivity contribution < 1.29 is 13.7 Å². The van der Waals surface area contributed by atoms with E-state index < -0.39 is 0 Å². The molecule has 252 valence electrons. The molecule has 0 aromatic rings. The molecule has 0 radical (unpaired) electrons. The van der Waals surface area contributed by atoms with Gasteiger partial charge in [0, 0.05) is 0 Å². The average molecular weight is 616 g/mol. The molecule has 3 nitrogen and oxygen atoms in total. The Morgan fingerprint density at radius 3 is 1.50 bits per heavy atom. The molecule has 0 spiro atoms. The minimum Gasteiger partial charge on any atom is -0.370 e. The molecule has 0 N–H and O–H groups in total. The number of likely N-dealkylation sites (N-methyl/N-ethyl adjacent to an activating group) is 2. The number of unbranched alkanes of at least 4 members (excludes halogenated alkanes) is 13. The van der Waals surface area contributed by atoms with Crippen molar-refractivity contribution in [2.24, 2.45) is 0 Å². The highest BCUT2D eigenvalue weighted by Crippen LogP contribution is 2.16. The summed E-state index contributed by atoms with van der Waals surface area (Å²) in [5, 5.41) is 0. The fraction of sp³-hybridized carbons (Fsp3) is 0.895. The van der Waals surface area contributed by atoms with E-state index in [1.54, 1.807) is 5.57 Å². The van der Waals surface area contributed by atoms with Crippen molar-refractivity contribution in [3.05, 3.63) is 23.3 Å². The maximum absolute atomic E-state index is 5.53. The molecule has 0 aromatic heterocycles. The van der Waals surface area contributed by atoms with Gasteiger partial charge in [-0.25, -0.2) is 0 Å². The summed E-state index contributed by atoms with van der Waals surface area (Å²) < 4.78 is 8.07. The van der Waals surface area contributed by atoms with Crippen molar-refractivity contribution in [2.75, 3.05) is 65.6 Å². The van der Waals surface area contributed by atoms with Gasteiger partial charge in [0.25, 0.3) is 0 Å². The molecule has 42 heavy (non-hydrogen) atoms. The van der Waals surface area contributed by atoms with Gasteiger partial charge in [-0.2, -0.15) is 0 Å². The molecule has 1 heterocycles. The van der Waals surface area contributed by atoms with Gasteiger partial charge >= 0.3 is 0 Å². The first-order chi connectivity index (χ1) is 19.8. The third-order valence-electron chi connectivity index (χ3n) is 10.0. The molecule has 0 aliphatic carbocycles. The molecule has 0 aromatic carbocycles. The Bertz CT molecular complexity index is 623. The van der Waals surface area contributed by atoms with Crippen molar-refractivity contribution in [3.63, 3.8) is 0 Å². The van der Waals surface area contributed by atoms with Gasteiger partial charge in [-0.1, -0.05) is 101 Å². The lowest BCUT2D eigenvalue weighted by Crippen LogP contribution is -2.55. The number of ether oxygens (including phenoxy) is 1. The molecule has 4 heteroatoms. The van der Waals surface area contributed by atoms with E-state index in [0.29, 0.717) is 0 Å². The van der Waals surface area contributed by atoms with Gasteiger partial charge in [0.1, 0.15) is 13.1 Å². The quantitative estimate of drug-likeness (QED) is 0.0596. The summed E-state index contributed by atoms with van der Waals surface area (Å²) >= 11 is 0. The van der Waals surface area contributed by atoms with Crippen LogP contribution in [0, 0.1) is 0 Å². The van der Waals surface area contributed by atoms with Crippen LogP contribution >= 0.6 is 12.4 Å². The van der Waals surface area contributed by atoms with Gasteiger partial charge in [-0.3, -0.25) is 0 Å². The highest BCUT2D eigenvalue weighted by Gasteiger charge is 2.27. The van der Waals surface area contributed by atoms with E-state index in [4.69, 9.17) is 4.74 Å². The minimum atomic E-state index is 0. The Kier molecular flexibility index (Phi) is 30.6. The summed E-state index contributed by atoms with van der Waals surface area (Å²) in [4.78, 5) is 0. The molecule has 0 bridgehead atoms. The monoisotopic (exact) mass is 615 g/mol. The van der Waals surface area contributed by atoms with Crippen molar-refractivity contribution in [1.29, 1.82) is 0 Å². The lowest BCUT2D eigenvalue weighted by molar-refractivity contribution is -0.933. The van der Waals surface area contributed by atoms with Crippen LogP contribution < -0.4 is 0 Å².